The fourth-order valence-electron chi connectivity index (χ4n) is 4.16. The van der Waals surface area contributed by atoms with E-state index >= 15 is 0 Å². The minimum absolute atomic E-state index is 0.00718. The average Bonchev–Trinajstić information content (AvgIpc) is 3.40. The van der Waals surface area contributed by atoms with Gasteiger partial charge < -0.3 is 14.4 Å². The van der Waals surface area contributed by atoms with Gasteiger partial charge in [-0.05, 0) is 50.1 Å². The monoisotopic (exact) mass is 394 g/mol. The maximum absolute atomic E-state index is 13.2. The molecule has 4 rings (SSSR count). The maximum Gasteiger partial charge on any atom is 0.225 e. The van der Waals surface area contributed by atoms with Gasteiger partial charge in [0.05, 0.1) is 31.8 Å². The van der Waals surface area contributed by atoms with Crippen LogP contribution in [0.4, 0.5) is 0 Å². The molecule has 2 heterocycles. The zero-order valence-corrected chi connectivity index (χ0v) is 17.0. The summed E-state index contributed by atoms with van der Waals surface area (Å²) < 4.78 is 12.8. The highest BCUT2D eigenvalue weighted by Crippen LogP contribution is 2.39. The molecular weight excluding hydrogens is 368 g/mol. The molecule has 1 aromatic heterocycles. The lowest BCUT2D eigenvalue weighted by Crippen LogP contribution is -2.32. The van der Waals surface area contributed by atoms with Crippen LogP contribution in [-0.4, -0.2) is 46.6 Å². The number of benzene rings is 2. The van der Waals surface area contributed by atoms with Gasteiger partial charge in [-0.15, -0.1) is 5.10 Å². The number of ether oxygens (including phenoxy) is 2. The van der Waals surface area contributed by atoms with E-state index in [1.165, 1.54) is 0 Å². The third-order valence-corrected chi connectivity index (χ3v) is 5.63. The van der Waals surface area contributed by atoms with Crippen LogP contribution in [0.5, 0.6) is 11.5 Å². The number of rotatable bonds is 6. The molecule has 0 N–H and O–H groups in total. The molecule has 7 nitrogen and oxygen atoms in total. The number of hydrogen-bond acceptors (Lipinski definition) is 5. The fraction of sp³-hybridized carbons (Fsp3) is 0.409. The van der Waals surface area contributed by atoms with Gasteiger partial charge in [0.2, 0.25) is 5.91 Å². The van der Waals surface area contributed by atoms with Crippen molar-refractivity contribution < 1.29 is 14.3 Å². The van der Waals surface area contributed by atoms with E-state index in [0.717, 1.165) is 47.5 Å². The Kier molecular flexibility index (Phi) is 5.38. The van der Waals surface area contributed by atoms with Crippen LogP contribution in [0.1, 0.15) is 43.8 Å². The third-order valence-electron chi connectivity index (χ3n) is 5.63. The van der Waals surface area contributed by atoms with Crippen molar-refractivity contribution in [1.29, 1.82) is 0 Å². The van der Waals surface area contributed by atoms with E-state index in [4.69, 9.17) is 9.47 Å². The Labute approximate surface area is 170 Å². The molecule has 0 bridgehead atoms. The molecule has 0 aliphatic carbocycles. The molecule has 0 spiro atoms. The summed E-state index contributed by atoms with van der Waals surface area (Å²) in [5.74, 6) is 1.66. The molecule has 0 saturated carbocycles. The summed E-state index contributed by atoms with van der Waals surface area (Å²) in [6, 6.07) is 13.5. The second-order valence-corrected chi connectivity index (χ2v) is 7.43. The molecule has 29 heavy (non-hydrogen) atoms. The molecule has 1 aliphatic heterocycles. The van der Waals surface area contributed by atoms with E-state index in [-0.39, 0.29) is 18.0 Å². The van der Waals surface area contributed by atoms with Gasteiger partial charge in [-0.1, -0.05) is 17.3 Å². The number of nitrogens with zero attached hydrogens (tertiary/aromatic N) is 4. The highest BCUT2D eigenvalue weighted by molar-refractivity contribution is 5.78. The predicted molar refractivity (Wildman–Crippen MR) is 110 cm³/mol. The van der Waals surface area contributed by atoms with Gasteiger partial charge in [0, 0.05) is 18.5 Å². The number of likely N-dealkylation sites (tertiary alicyclic amines) is 1. The summed E-state index contributed by atoms with van der Waals surface area (Å²) in [7, 11) is 3.30. The van der Waals surface area contributed by atoms with Crippen LogP contribution in [0, 0.1) is 0 Å². The third kappa shape index (κ3) is 3.64. The molecule has 7 heteroatoms. The van der Waals surface area contributed by atoms with Crippen molar-refractivity contribution in [2.75, 3.05) is 20.8 Å². The van der Waals surface area contributed by atoms with E-state index in [2.05, 4.69) is 10.3 Å². The Hall–Kier alpha value is -3.09. The number of methoxy groups -OCH3 is 2. The van der Waals surface area contributed by atoms with Crippen LogP contribution in [0.3, 0.4) is 0 Å². The Morgan fingerprint density at radius 2 is 2.03 bits per heavy atom. The summed E-state index contributed by atoms with van der Waals surface area (Å²) >= 11 is 0. The van der Waals surface area contributed by atoms with E-state index in [0.29, 0.717) is 6.42 Å². The van der Waals surface area contributed by atoms with Crippen molar-refractivity contribution >= 4 is 16.9 Å². The van der Waals surface area contributed by atoms with Crippen molar-refractivity contribution in [1.82, 2.24) is 19.9 Å². The molecule has 0 unspecified atom stereocenters. The number of hydrogen-bond donors (Lipinski definition) is 0. The molecule has 2 atom stereocenters. The summed E-state index contributed by atoms with van der Waals surface area (Å²) in [6.45, 7) is 2.75. The standard InChI is InChI=1S/C22H26N4O3/c1-15(26-20-8-5-4-7-18(20)23-24-26)13-22(27)25-12-6-9-19(25)17-14-16(28-2)10-11-21(17)29-3/h4-5,7-8,10-11,14-15,19H,6,9,12-13H2,1-3H3/t15-,19+/m1/s1. The smallest absolute Gasteiger partial charge is 0.225 e. The molecule has 1 saturated heterocycles. The Bertz CT molecular complexity index is 1020. The van der Waals surface area contributed by atoms with Crippen molar-refractivity contribution in [2.24, 2.45) is 0 Å². The zero-order valence-electron chi connectivity index (χ0n) is 17.0. The van der Waals surface area contributed by atoms with Gasteiger partial charge in [0.25, 0.3) is 0 Å². The van der Waals surface area contributed by atoms with E-state index in [1.54, 1.807) is 14.2 Å². The molecule has 3 aromatic rings. The second kappa shape index (κ2) is 8.11. The van der Waals surface area contributed by atoms with Crippen LogP contribution >= 0.6 is 0 Å². The lowest BCUT2D eigenvalue weighted by atomic mass is 10.0. The Morgan fingerprint density at radius 3 is 2.83 bits per heavy atom. The number of fused-ring (bicyclic) bond motifs is 1. The summed E-state index contributed by atoms with van der Waals surface area (Å²) in [4.78, 5) is 15.2. The largest absolute Gasteiger partial charge is 0.497 e. The van der Waals surface area contributed by atoms with Crippen molar-refractivity contribution in [3.8, 4) is 11.5 Å². The summed E-state index contributed by atoms with van der Waals surface area (Å²) in [5, 5.41) is 8.47. The van der Waals surface area contributed by atoms with Crippen LogP contribution < -0.4 is 9.47 Å². The quantitative estimate of drug-likeness (QED) is 0.637. The Balaban J connectivity index is 1.55. The molecule has 1 fully saturated rings. The lowest BCUT2D eigenvalue weighted by molar-refractivity contribution is -0.132. The maximum atomic E-state index is 13.2. The van der Waals surface area contributed by atoms with Crippen LogP contribution in [0.15, 0.2) is 42.5 Å². The summed E-state index contributed by atoms with van der Waals surface area (Å²) in [6.07, 6.45) is 2.25. The average molecular weight is 394 g/mol. The van der Waals surface area contributed by atoms with Gasteiger partial charge >= 0.3 is 0 Å². The predicted octanol–water partition coefficient (Wildman–Crippen LogP) is 3.76. The highest BCUT2D eigenvalue weighted by Gasteiger charge is 2.33. The lowest BCUT2D eigenvalue weighted by Gasteiger charge is -2.28. The van der Waals surface area contributed by atoms with Gasteiger partial charge in [-0.2, -0.15) is 0 Å². The van der Waals surface area contributed by atoms with E-state index in [9.17, 15) is 4.79 Å². The van der Waals surface area contributed by atoms with Gasteiger partial charge in [-0.25, -0.2) is 4.68 Å². The first-order valence-corrected chi connectivity index (χ1v) is 9.93. The van der Waals surface area contributed by atoms with Gasteiger partial charge in [-0.3, -0.25) is 4.79 Å². The van der Waals surface area contributed by atoms with E-state index < -0.39 is 0 Å². The SMILES string of the molecule is COc1ccc(OC)c([C@@H]2CCCN2C(=O)C[C@@H](C)n2nnc3ccccc32)c1. The van der Waals surface area contributed by atoms with Crippen molar-refractivity contribution in [3.63, 3.8) is 0 Å². The van der Waals surface area contributed by atoms with Gasteiger partial charge in [0.15, 0.2) is 0 Å². The molecule has 0 radical (unpaired) electrons. The first kappa shape index (κ1) is 19.2. The molecular formula is C22H26N4O3. The minimum Gasteiger partial charge on any atom is -0.497 e. The van der Waals surface area contributed by atoms with E-state index in [1.807, 2.05) is 59.0 Å². The van der Waals surface area contributed by atoms with Crippen LogP contribution in [-0.2, 0) is 4.79 Å². The van der Waals surface area contributed by atoms with Crippen LogP contribution in [0.2, 0.25) is 0 Å². The molecule has 1 amide bonds. The number of para-hydroxylation sites is 1. The first-order valence-electron chi connectivity index (χ1n) is 9.93. The molecule has 2 aromatic carbocycles. The number of carbonyl (C=O) groups excluding carboxylic acids is 1. The second-order valence-electron chi connectivity index (χ2n) is 7.43. The zero-order chi connectivity index (χ0) is 20.4. The first-order chi connectivity index (χ1) is 14.1. The number of carbonyl (C=O) groups is 1. The van der Waals surface area contributed by atoms with Gasteiger partial charge in [0.1, 0.15) is 17.0 Å². The highest BCUT2D eigenvalue weighted by atomic mass is 16.5. The molecule has 1 aliphatic rings. The van der Waals surface area contributed by atoms with Crippen LogP contribution in [0.25, 0.3) is 11.0 Å². The topological polar surface area (TPSA) is 69.5 Å². The number of amides is 1. The van der Waals surface area contributed by atoms with Crippen molar-refractivity contribution in [3.05, 3.63) is 48.0 Å². The summed E-state index contributed by atoms with van der Waals surface area (Å²) in [5.41, 5.74) is 2.78. The minimum atomic E-state index is -0.0802. The van der Waals surface area contributed by atoms with Crippen molar-refractivity contribution in [2.45, 2.75) is 38.3 Å². The number of aromatic nitrogens is 3. The normalized spacial score (nSPS) is 17.5. The molecule has 152 valence electrons. The Morgan fingerprint density at radius 1 is 1.21 bits per heavy atom. The fourth-order valence-corrected chi connectivity index (χ4v) is 4.16.